The molecule has 0 bridgehead atoms. The van der Waals surface area contributed by atoms with Crippen molar-refractivity contribution in [2.24, 2.45) is 0 Å². The van der Waals surface area contributed by atoms with Gasteiger partial charge in [0.2, 0.25) is 0 Å². The highest BCUT2D eigenvalue weighted by atomic mass is 35.5. The largest absolute Gasteiger partial charge is 0.256 e. The molecule has 0 atom stereocenters. The first-order chi connectivity index (χ1) is 9.33. The number of benzene rings is 2. The van der Waals surface area contributed by atoms with Crippen LogP contribution in [0.5, 0.6) is 0 Å². The van der Waals surface area contributed by atoms with Crippen LogP contribution >= 0.6 is 24.0 Å². The Kier molecular flexibility index (Phi) is 4.78. The molecule has 0 N–H and O–H groups in total. The van der Waals surface area contributed by atoms with Crippen LogP contribution < -0.4 is 0 Å². The van der Waals surface area contributed by atoms with Gasteiger partial charge in [0, 0.05) is 16.8 Å². The first-order valence-electron chi connectivity index (χ1n) is 6.10. The van der Waals surface area contributed by atoms with E-state index in [9.17, 15) is 0 Å². The van der Waals surface area contributed by atoms with Gasteiger partial charge in [0.15, 0.2) is 0 Å². The van der Waals surface area contributed by atoms with E-state index in [0.717, 1.165) is 21.8 Å². The van der Waals surface area contributed by atoms with Gasteiger partial charge in [-0.05, 0) is 35.4 Å². The van der Waals surface area contributed by atoms with Crippen LogP contribution in [0.3, 0.4) is 0 Å². The van der Waals surface area contributed by atoms with Crippen LogP contribution in [0.4, 0.5) is 0 Å². The third-order valence-electron chi connectivity index (χ3n) is 3.02. The molecule has 3 heteroatoms. The van der Waals surface area contributed by atoms with E-state index >= 15 is 0 Å². The minimum atomic E-state index is 0. The van der Waals surface area contributed by atoms with Crippen molar-refractivity contribution >= 4 is 24.0 Å². The highest BCUT2D eigenvalue weighted by Gasteiger charge is 2.00. The van der Waals surface area contributed by atoms with Crippen LogP contribution in [0.2, 0.25) is 5.02 Å². The van der Waals surface area contributed by atoms with Gasteiger partial charge in [-0.1, -0.05) is 54.1 Å². The lowest BCUT2D eigenvalue weighted by molar-refractivity contribution is 1.33. The van der Waals surface area contributed by atoms with Gasteiger partial charge in [0.1, 0.15) is 0 Å². The van der Waals surface area contributed by atoms with E-state index in [-0.39, 0.29) is 12.4 Å². The molecule has 3 rings (SSSR count). The Labute approximate surface area is 129 Å². The second-order valence-electron chi connectivity index (χ2n) is 4.30. The van der Waals surface area contributed by atoms with E-state index in [1.54, 1.807) is 0 Å². The zero-order chi connectivity index (χ0) is 13.1. The van der Waals surface area contributed by atoms with Gasteiger partial charge in [0.25, 0.3) is 0 Å². The lowest BCUT2D eigenvalue weighted by Gasteiger charge is -2.04. The Hall–Kier alpha value is -1.83. The number of pyridine rings is 1. The predicted molar refractivity (Wildman–Crippen MR) is 87.4 cm³/mol. The van der Waals surface area contributed by atoms with Crippen molar-refractivity contribution < 1.29 is 0 Å². The number of hydrogen-bond acceptors (Lipinski definition) is 1. The zero-order valence-electron chi connectivity index (χ0n) is 10.7. The van der Waals surface area contributed by atoms with Crippen LogP contribution in [0, 0.1) is 0 Å². The monoisotopic (exact) mass is 301 g/mol. The molecule has 0 aliphatic heterocycles. The van der Waals surface area contributed by atoms with Crippen molar-refractivity contribution in [1.29, 1.82) is 0 Å². The molecule has 1 heterocycles. The Morgan fingerprint density at radius 3 is 1.75 bits per heavy atom. The average Bonchev–Trinajstić information content (AvgIpc) is 2.49. The Morgan fingerprint density at radius 1 is 0.650 bits per heavy atom. The number of aromatic nitrogens is 1. The molecule has 1 nitrogen and oxygen atoms in total. The van der Waals surface area contributed by atoms with E-state index in [4.69, 9.17) is 11.6 Å². The number of hydrogen-bond donors (Lipinski definition) is 0. The summed E-state index contributed by atoms with van der Waals surface area (Å²) >= 11 is 5.90. The number of nitrogens with zero attached hydrogens (tertiary/aromatic N) is 1. The molecule has 0 radical (unpaired) electrons. The van der Waals surface area contributed by atoms with Crippen molar-refractivity contribution in [3.63, 3.8) is 0 Å². The molecule has 100 valence electrons. The molecule has 0 saturated heterocycles. The van der Waals surface area contributed by atoms with E-state index in [1.807, 2.05) is 48.7 Å². The summed E-state index contributed by atoms with van der Waals surface area (Å²) in [6, 6.07) is 22.2. The lowest BCUT2D eigenvalue weighted by Crippen LogP contribution is -1.82. The maximum atomic E-state index is 5.90. The molecule has 20 heavy (non-hydrogen) atoms. The number of rotatable bonds is 2. The summed E-state index contributed by atoms with van der Waals surface area (Å²) in [5.41, 5.74) is 4.46. The fourth-order valence-corrected chi connectivity index (χ4v) is 2.14. The highest BCUT2D eigenvalue weighted by molar-refractivity contribution is 6.30. The summed E-state index contributed by atoms with van der Waals surface area (Å²) in [6.07, 6.45) is 1.81. The van der Waals surface area contributed by atoms with Crippen LogP contribution in [-0.4, -0.2) is 4.98 Å². The van der Waals surface area contributed by atoms with Crippen molar-refractivity contribution in [1.82, 2.24) is 4.98 Å². The van der Waals surface area contributed by atoms with Gasteiger partial charge in [-0.25, -0.2) is 0 Å². The van der Waals surface area contributed by atoms with Crippen molar-refractivity contribution in [2.45, 2.75) is 0 Å². The molecule has 0 spiro atoms. The van der Waals surface area contributed by atoms with Gasteiger partial charge in [-0.2, -0.15) is 0 Å². The summed E-state index contributed by atoms with van der Waals surface area (Å²) in [6.45, 7) is 0. The van der Waals surface area contributed by atoms with Crippen LogP contribution in [0.15, 0.2) is 72.9 Å². The SMILES string of the molecule is Cl.Clc1ccc(-c2ccc(-c3ccccn3)cc2)cc1. The maximum absolute atomic E-state index is 5.90. The van der Waals surface area contributed by atoms with Crippen molar-refractivity contribution in [2.75, 3.05) is 0 Å². The molecular weight excluding hydrogens is 289 g/mol. The second-order valence-corrected chi connectivity index (χ2v) is 4.74. The predicted octanol–water partition coefficient (Wildman–Crippen LogP) is 5.49. The van der Waals surface area contributed by atoms with E-state index in [2.05, 4.69) is 29.2 Å². The molecule has 0 amide bonds. The summed E-state index contributed by atoms with van der Waals surface area (Å²) in [4.78, 5) is 4.35. The Balaban J connectivity index is 0.00000147. The summed E-state index contributed by atoms with van der Waals surface area (Å²) in [5.74, 6) is 0. The summed E-state index contributed by atoms with van der Waals surface area (Å²) in [7, 11) is 0. The van der Waals surface area contributed by atoms with E-state index < -0.39 is 0 Å². The van der Waals surface area contributed by atoms with Gasteiger partial charge in [-0.3, -0.25) is 4.98 Å². The first kappa shape index (κ1) is 14.6. The van der Waals surface area contributed by atoms with E-state index in [0.29, 0.717) is 0 Å². The third kappa shape index (κ3) is 3.19. The molecule has 0 fully saturated rings. The fourth-order valence-electron chi connectivity index (χ4n) is 2.01. The molecule has 0 aliphatic rings. The smallest absolute Gasteiger partial charge is 0.0701 e. The van der Waals surface area contributed by atoms with Crippen molar-refractivity contribution in [3.05, 3.63) is 77.9 Å². The Bertz CT molecular complexity index is 662. The van der Waals surface area contributed by atoms with Crippen LogP contribution in [0.25, 0.3) is 22.4 Å². The van der Waals surface area contributed by atoms with Gasteiger partial charge < -0.3 is 0 Å². The highest BCUT2D eigenvalue weighted by Crippen LogP contribution is 2.24. The molecule has 0 aliphatic carbocycles. The minimum Gasteiger partial charge on any atom is -0.256 e. The zero-order valence-corrected chi connectivity index (χ0v) is 12.2. The minimum absolute atomic E-state index is 0. The quantitative estimate of drug-likeness (QED) is 0.610. The van der Waals surface area contributed by atoms with Gasteiger partial charge in [0.05, 0.1) is 5.69 Å². The summed E-state index contributed by atoms with van der Waals surface area (Å²) < 4.78 is 0. The average molecular weight is 302 g/mol. The van der Waals surface area contributed by atoms with Crippen LogP contribution in [0.1, 0.15) is 0 Å². The molecule has 2 aromatic carbocycles. The Morgan fingerprint density at radius 2 is 1.20 bits per heavy atom. The van der Waals surface area contributed by atoms with Crippen molar-refractivity contribution in [3.8, 4) is 22.4 Å². The lowest BCUT2D eigenvalue weighted by atomic mass is 10.0. The normalized spacial score (nSPS) is 9.85. The number of halogens is 2. The second kappa shape index (κ2) is 6.56. The standard InChI is InChI=1S/C17H12ClN.ClH/c18-16-10-8-14(9-11-16)13-4-6-15(7-5-13)17-3-1-2-12-19-17;/h1-12H;1H. The molecule has 3 aromatic rings. The fraction of sp³-hybridized carbons (Fsp3) is 0. The summed E-state index contributed by atoms with van der Waals surface area (Å²) in [5, 5.41) is 0.758. The third-order valence-corrected chi connectivity index (χ3v) is 3.28. The molecule has 0 unspecified atom stereocenters. The van der Waals surface area contributed by atoms with E-state index in [1.165, 1.54) is 5.56 Å². The molecular formula is C17H13Cl2N. The van der Waals surface area contributed by atoms with Gasteiger partial charge >= 0.3 is 0 Å². The molecule has 0 saturated carbocycles. The van der Waals surface area contributed by atoms with Crippen LogP contribution in [-0.2, 0) is 0 Å². The molecule has 1 aromatic heterocycles. The maximum Gasteiger partial charge on any atom is 0.0701 e. The first-order valence-corrected chi connectivity index (χ1v) is 6.48. The topological polar surface area (TPSA) is 12.9 Å². The van der Waals surface area contributed by atoms with Gasteiger partial charge in [-0.15, -0.1) is 12.4 Å².